The Labute approximate surface area is 522 Å². The first-order chi connectivity index (χ1) is 44.2. The molecule has 91 heavy (non-hydrogen) atoms. The number of aromatic nitrogens is 9. The molecule has 30 heteroatoms. The third-order valence-corrected chi connectivity index (χ3v) is 15.5. The van der Waals surface area contributed by atoms with Crippen LogP contribution in [0.1, 0.15) is 34.5 Å². The number of carboxylic acids is 1. The van der Waals surface area contributed by atoms with Crippen LogP contribution in [-0.2, 0) is 4.79 Å². The number of anilines is 6. The van der Waals surface area contributed by atoms with Gasteiger partial charge in [-0.3, -0.25) is 4.79 Å². The van der Waals surface area contributed by atoms with Gasteiger partial charge in [-0.15, -0.1) is 0 Å². The van der Waals surface area contributed by atoms with Gasteiger partial charge < -0.3 is 64.5 Å². The molecule has 1 amide bonds. The number of nitrogens with one attached hydrogen (secondary N) is 4. The topological polar surface area (TPSA) is 335 Å². The molecule has 5 aliphatic heterocycles. The van der Waals surface area contributed by atoms with E-state index in [0.29, 0.717) is 76.3 Å². The summed E-state index contributed by atoms with van der Waals surface area (Å²) in [6.07, 6.45) is 2.28. The Morgan fingerprint density at radius 1 is 0.670 bits per heavy atom. The molecular formula is C61H67F2N21O7. The van der Waals surface area contributed by atoms with Gasteiger partial charge in [0.15, 0.2) is 11.9 Å². The summed E-state index contributed by atoms with van der Waals surface area (Å²) in [5, 5.41) is 53.8. The van der Waals surface area contributed by atoms with E-state index >= 15 is 4.39 Å². The zero-order valence-corrected chi connectivity index (χ0v) is 50.4. The molecule has 2 aromatic carbocycles. The maximum atomic E-state index is 15.1. The minimum Gasteiger partial charge on any atom is -0.486 e. The Kier molecular flexibility index (Phi) is 21.0. The number of nitriles is 2. The lowest BCUT2D eigenvalue weighted by Crippen LogP contribution is -2.49. The zero-order chi connectivity index (χ0) is 63.8. The van der Waals surface area contributed by atoms with Crippen LogP contribution >= 0.6 is 0 Å². The number of nitrogens with zero attached hydrogens (tertiary/aromatic N) is 17. The lowest BCUT2D eigenvalue weighted by molar-refractivity contribution is -0.132. The van der Waals surface area contributed by atoms with Gasteiger partial charge in [0.2, 0.25) is 11.8 Å². The maximum absolute atomic E-state index is 15.1. The van der Waals surface area contributed by atoms with Crippen molar-refractivity contribution in [3.63, 3.8) is 0 Å². The Hall–Kier alpha value is -10.6. The number of likely N-dealkylation sites (tertiary alicyclic amines) is 1. The molecule has 5 N–H and O–H groups in total. The number of amides is 1. The number of azo groups is 1. The van der Waals surface area contributed by atoms with Crippen LogP contribution < -0.4 is 44.7 Å². The molecule has 5 aromatic heterocycles. The highest BCUT2D eigenvalue weighted by molar-refractivity contribution is 5.92. The summed E-state index contributed by atoms with van der Waals surface area (Å²) in [4.78, 5) is 59.7. The lowest BCUT2D eigenvalue weighted by Gasteiger charge is -2.34. The average molecular weight is 1240 g/mol. The molecule has 0 unspecified atom stereocenters. The first-order valence-electron chi connectivity index (χ1n) is 29.3. The van der Waals surface area contributed by atoms with E-state index in [1.54, 1.807) is 56.7 Å². The number of hydrogen-bond acceptors (Lipinski definition) is 25. The Bertz CT molecular complexity index is 3820. The van der Waals surface area contributed by atoms with E-state index in [9.17, 15) is 24.5 Å². The van der Waals surface area contributed by atoms with E-state index in [1.165, 1.54) is 30.0 Å². The second-order valence-electron chi connectivity index (χ2n) is 21.6. The number of hydrogen-bond donors (Lipinski definition) is 5. The summed E-state index contributed by atoms with van der Waals surface area (Å²) in [5.74, 6) is 2.57. The number of carbonyl (C=O) groups is 2. The van der Waals surface area contributed by atoms with Crippen molar-refractivity contribution in [3.8, 4) is 57.9 Å². The van der Waals surface area contributed by atoms with Gasteiger partial charge >= 0.3 is 5.97 Å². The number of piperidine rings is 2. The van der Waals surface area contributed by atoms with Gasteiger partial charge in [0, 0.05) is 95.1 Å². The third-order valence-electron chi connectivity index (χ3n) is 15.5. The van der Waals surface area contributed by atoms with Crippen LogP contribution in [0.25, 0.3) is 22.5 Å². The highest BCUT2D eigenvalue weighted by atomic mass is 19.1. The fourth-order valence-electron chi connectivity index (χ4n) is 10.4. The van der Waals surface area contributed by atoms with E-state index < -0.39 is 36.4 Å². The van der Waals surface area contributed by atoms with Gasteiger partial charge in [0.25, 0.3) is 5.91 Å². The highest BCUT2D eigenvalue weighted by Crippen LogP contribution is 2.35. The van der Waals surface area contributed by atoms with E-state index in [1.807, 2.05) is 30.3 Å². The highest BCUT2D eigenvalue weighted by Gasteiger charge is 2.35. The summed E-state index contributed by atoms with van der Waals surface area (Å²) in [7, 11) is 7.45. The van der Waals surface area contributed by atoms with Crippen LogP contribution in [-0.4, -0.2) is 215 Å². The summed E-state index contributed by atoms with van der Waals surface area (Å²) in [6, 6.07) is 25.8. The molecule has 7 aromatic rings. The van der Waals surface area contributed by atoms with Gasteiger partial charge in [0.1, 0.15) is 89.3 Å². The third kappa shape index (κ3) is 16.2. The minimum atomic E-state index is -1.45. The van der Waals surface area contributed by atoms with Crippen LogP contribution in [0.2, 0.25) is 0 Å². The summed E-state index contributed by atoms with van der Waals surface area (Å²) in [5.41, 5.74) is 5.41. The SMILES string of the molecule is COc1nc(Nc2cc(-c3ccc(O[C@H]4CCN(C(=O)c5cn[nH]n5)C[C@H]4F)c(C#N)c3)ncn2)ccc1N1CCN(C)CC1.COc1nc(Nc2cc(-c3ccc(O[C@H]4CCNC[C@H]4F)c(C#N)c3)ncn2)ccc1N1CCN(C)CC1.O=C(O)C1=CN=NC1. The number of rotatable bonds is 16. The molecule has 0 saturated carbocycles. The standard InChI is InChI=1S/C30H32FN11O3.C27H31FN8O2.C4H4N2O2/c1-40-9-11-41(12-10-40)24-4-6-27(37-29(24)44-2)36-28-14-22(33-18-34-28)19-3-5-25(20(13-19)15-32)45-26-7-8-42(17-21(26)31)30(43)23-16-35-39-38-23;1-35-9-11-36(12-10-35)22-4-6-25(34-27(22)37-2)33-26-14-21(31-17-32-26)18-3-5-23(19(13-18)15-29)38-24-7-8-30-16-20(24)28;7-4(8)3-1-5-6-2-3/h3-6,13-14,16,18,21,26H,7-12,17H2,1-2H3,(H,35,38,39)(H,33,34,36,37);3-6,13-14,17,20,24,30H,7-12,16H2,1-2H3,(H,31,32,33,34);1H,2H2,(H,7,8)/t21-,26+;20-,24+;/m11./s1. The van der Waals surface area contributed by atoms with Crippen molar-refractivity contribution in [2.45, 2.75) is 37.4 Å². The number of alkyl halides is 2. The number of aliphatic carboxylic acids is 1. The van der Waals surface area contributed by atoms with Crippen molar-refractivity contribution >= 4 is 46.5 Å². The molecule has 0 radical (unpaired) electrons. The number of aromatic amines is 1. The summed E-state index contributed by atoms with van der Waals surface area (Å²) in [6.45, 7) is 8.82. The van der Waals surface area contributed by atoms with Crippen molar-refractivity contribution in [1.29, 1.82) is 10.5 Å². The van der Waals surface area contributed by atoms with E-state index in [-0.39, 0.29) is 55.2 Å². The largest absolute Gasteiger partial charge is 0.486 e. The molecular weight excluding hydrogens is 1180 g/mol. The summed E-state index contributed by atoms with van der Waals surface area (Å²) >= 11 is 0. The second-order valence-corrected chi connectivity index (χ2v) is 21.6. The smallest absolute Gasteiger partial charge is 0.335 e. The second kappa shape index (κ2) is 30.1. The van der Waals surface area contributed by atoms with Gasteiger partial charge in [0.05, 0.1) is 67.8 Å². The van der Waals surface area contributed by atoms with Crippen LogP contribution in [0.3, 0.4) is 0 Å². The fraction of sp³-hybridized carbons (Fsp3) is 0.377. The molecule has 4 atom stereocenters. The first-order valence-corrected chi connectivity index (χ1v) is 29.3. The van der Waals surface area contributed by atoms with Crippen LogP contribution in [0.15, 0.2) is 114 Å². The van der Waals surface area contributed by atoms with E-state index in [4.69, 9.17) is 24.1 Å². The van der Waals surface area contributed by atoms with Crippen molar-refractivity contribution in [3.05, 3.63) is 120 Å². The van der Waals surface area contributed by atoms with Crippen LogP contribution in [0.4, 0.5) is 43.4 Å². The van der Waals surface area contributed by atoms with Crippen molar-refractivity contribution in [1.82, 2.24) is 65.3 Å². The predicted molar refractivity (Wildman–Crippen MR) is 330 cm³/mol. The number of piperazine rings is 2. The number of pyridine rings is 2. The lowest BCUT2D eigenvalue weighted by atomic mass is 10.0. The van der Waals surface area contributed by atoms with Crippen LogP contribution in [0, 0.1) is 22.7 Å². The van der Waals surface area contributed by atoms with Gasteiger partial charge in [-0.1, -0.05) is 0 Å². The average Bonchev–Trinajstić information content (AvgIpc) is 1.82. The van der Waals surface area contributed by atoms with Gasteiger partial charge in [-0.05, 0) is 87.7 Å². The monoisotopic (exact) mass is 1240 g/mol. The minimum absolute atomic E-state index is 0.127. The Morgan fingerprint density at radius 2 is 1.21 bits per heavy atom. The molecule has 4 fully saturated rings. The molecule has 0 bridgehead atoms. The number of methoxy groups -OCH3 is 2. The first kappa shape index (κ1) is 63.5. The summed E-state index contributed by atoms with van der Waals surface area (Å²) < 4.78 is 52.3. The molecule has 4 saturated heterocycles. The van der Waals surface area contributed by atoms with Crippen LogP contribution in [0.5, 0.6) is 23.3 Å². The maximum Gasteiger partial charge on any atom is 0.335 e. The number of ether oxygens (including phenoxy) is 4. The van der Waals surface area contributed by atoms with Gasteiger partial charge in [-0.2, -0.15) is 46.1 Å². The number of H-pyrrole nitrogens is 1. The van der Waals surface area contributed by atoms with E-state index in [2.05, 4.69) is 117 Å². The molecule has 472 valence electrons. The molecule has 10 heterocycles. The van der Waals surface area contributed by atoms with Crippen molar-refractivity contribution in [2.24, 2.45) is 10.2 Å². The Balaban J connectivity index is 0.000000180. The van der Waals surface area contributed by atoms with Crippen molar-refractivity contribution < 1.29 is 42.4 Å². The molecule has 0 aliphatic carbocycles. The van der Waals surface area contributed by atoms with Crippen molar-refractivity contribution in [2.75, 3.05) is 134 Å². The number of likely N-dealkylation sites (N-methyl/N-ethyl adjacent to an activating group) is 2. The fourth-order valence-corrected chi connectivity index (χ4v) is 10.4. The predicted octanol–water partition coefficient (Wildman–Crippen LogP) is 6.08. The van der Waals surface area contributed by atoms with E-state index in [0.717, 1.165) is 69.3 Å². The zero-order valence-electron chi connectivity index (χ0n) is 50.4. The molecule has 0 spiro atoms. The van der Waals surface area contributed by atoms with Gasteiger partial charge in [-0.25, -0.2) is 33.5 Å². The normalized spacial score (nSPS) is 19.0. The number of carboxylic acid groups (broad SMARTS) is 1. The molecule has 12 rings (SSSR count). The molecule has 5 aliphatic rings. The number of halogens is 2. The number of benzene rings is 2. The Morgan fingerprint density at radius 3 is 1.65 bits per heavy atom. The number of carbonyl (C=O) groups excluding carboxylic acids is 1. The quantitative estimate of drug-likeness (QED) is 0.0732. The molecule has 28 nitrogen and oxygen atoms in total.